The lowest BCUT2D eigenvalue weighted by Gasteiger charge is -2.30. The second-order valence-corrected chi connectivity index (χ2v) is 17.3. The number of hydrogen-bond acceptors (Lipinski definition) is 6. The molecular formula is C37H42O8S2. The lowest BCUT2D eigenvalue weighted by molar-refractivity contribution is 0.0979. The molecule has 8 nitrogen and oxygen atoms in total. The number of benzene rings is 3. The van der Waals surface area contributed by atoms with Gasteiger partial charge in [-0.2, -0.15) is 16.8 Å². The zero-order valence-electron chi connectivity index (χ0n) is 27.9. The highest BCUT2D eigenvalue weighted by Crippen LogP contribution is 2.52. The quantitative estimate of drug-likeness (QED) is 0.123. The third-order valence-electron chi connectivity index (χ3n) is 11.0. The molecule has 0 spiro atoms. The van der Waals surface area contributed by atoms with Gasteiger partial charge in [0.1, 0.15) is 9.79 Å². The number of unbranched alkanes of at least 4 members (excludes halogenated alkanes) is 2. The molecule has 3 aromatic rings. The summed E-state index contributed by atoms with van der Waals surface area (Å²) in [5, 5.41) is 0.649. The highest BCUT2D eigenvalue weighted by molar-refractivity contribution is 7.86. The van der Waals surface area contributed by atoms with Gasteiger partial charge in [-0.3, -0.25) is 13.9 Å². The van der Waals surface area contributed by atoms with E-state index in [9.17, 15) is 30.7 Å². The van der Waals surface area contributed by atoms with Gasteiger partial charge in [0.25, 0.3) is 20.2 Å². The molecule has 1 aliphatic heterocycles. The summed E-state index contributed by atoms with van der Waals surface area (Å²) in [7, 11) is -9.79. The Labute approximate surface area is 277 Å². The lowest BCUT2D eigenvalue weighted by Crippen LogP contribution is -2.32. The van der Waals surface area contributed by atoms with Crippen molar-refractivity contribution < 1.29 is 35.5 Å². The minimum absolute atomic E-state index is 0.0193. The molecular weight excluding hydrogens is 637 g/mol. The summed E-state index contributed by atoms with van der Waals surface area (Å²) in [5.74, 6) is -0.534. The van der Waals surface area contributed by atoms with Crippen LogP contribution in [0.3, 0.4) is 0 Å². The first kappa shape index (κ1) is 33.6. The number of rotatable bonds is 8. The maximum atomic E-state index is 13.3. The Kier molecular flexibility index (Phi) is 7.95. The highest BCUT2D eigenvalue weighted by Gasteiger charge is 2.45. The summed E-state index contributed by atoms with van der Waals surface area (Å²) in [6.45, 7) is 14.1. The van der Waals surface area contributed by atoms with Gasteiger partial charge in [-0.05, 0) is 81.2 Å². The predicted octanol–water partition coefficient (Wildman–Crippen LogP) is 6.47. The van der Waals surface area contributed by atoms with Crippen molar-refractivity contribution in [2.75, 3.05) is 0 Å². The number of carbonyl (C=O) groups excluding carboxylic acids is 1. The Bertz CT molecular complexity index is 2210. The van der Waals surface area contributed by atoms with E-state index in [4.69, 9.17) is 4.74 Å². The van der Waals surface area contributed by atoms with Crippen LogP contribution in [0.25, 0.3) is 11.6 Å². The predicted molar refractivity (Wildman–Crippen MR) is 181 cm³/mol. The van der Waals surface area contributed by atoms with Crippen LogP contribution in [-0.2, 0) is 37.5 Å². The van der Waals surface area contributed by atoms with Gasteiger partial charge < -0.3 is 4.74 Å². The molecule has 47 heavy (non-hydrogen) atoms. The molecule has 250 valence electrons. The number of ether oxygens (including phenoxy) is 1. The van der Waals surface area contributed by atoms with Gasteiger partial charge in [-0.1, -0.05) is 85.6 Å². The first-order valence-corrected chi connectivity index (χ1v) is 19.1. The second kappa shape index (κ2) is 11.1. The number of Topliss-reactive ketones (excluding diaryl/α,β-unsaturated/α-hetero) is 1. The third kappa shape index (κ3) is 5.28. The monoisotopic (exact) mass is 678 g/mol. The molecule has 1 heterocycles. The molecule has 0 saturated heterocycles. The van der Waals surface area contributed by atoms with E-state index in [2.05, 4.69) is 6.92 Å². The van der Waals surface area contributed by atoms with E-state index in [1.807, 2.05) is 53.7 Å². The van der Waals surface area contributed by atoms with E-state index in [1.54, 1.807) is 30.3 Å². The van der Waals surface area contributed by atoms with Gasteiger partial charge in [0.2, 0.25) is 0 Å². The largest absolute Gasteiger partial charge is 0.453 e. The lowest BCUT2D eigenvalue weighted by atomic mass is 9.77. The van der Waals surface area contributed by atoms with E-state index >= 15 is 0 Å². The summed E-state index contributed by atoms with van der Waals surface area (Å²) in [6, 6.07) is 10.8. The number of fused-ring (bicyclic) bond motifs is 4. The van der Waals surface area contributed by atoms with Crippen LogP contribution < -0.4 is 15.2 Å². The molecule has 2 aliphatic carbocycles. The summed E-state index contributed by atoms with van der Waals surface area (Å²) < 4.78 is 80.8. The van der Waals surface area contributed by atoms with Gasteiger partial charge >= 0.3 is 0 Å². The molecule has 2 unspecified atom stereocenters. The van der Waals surface area contributed by atoms with E-state index in [1.165, 1.54) is 0 Å². The Balaban J connectivity index is 1.81. The van der Waals surface area contributed by atoms with Gasteiger partial charge in [0.15, 0.2) is 17.3 Å². The molecule has 2 atom stereocenters. The van der Waals surface area contributed by atoms with Gasteiger partial charge in [0.05, 0.1) is 0 Å². The van der Waals surface area contributed by atoms with Crippen molar-refractivity contribution in [3.63, 3.8) is 0 Å². The minimum atomic E-state index is -4.91. The van der Waals surface area contributed by atoms with Crippen LogP contribution in [0.5, 0.6) is 11.5 Å². The SMILES string of the molecule is CCCCCC(=O)c1cccc(C2=c3cc4c(c(S(=O)(=O)O)c3Oc3c2cc2c(c3S(=O)(=O)O)CC(C)C2(C)C)=CC(C)C4(C)C)c1. The van der Waals surface area contributed by atoms with Crippen molar-refractivity contribution in [3.05, 3.63) is 80.2 Å². The van der Waals surface area contributed by atoms with Crippen molar-refractivity contribution in [3.8, 4) is 11.5 Å². The first-order valence-electron chi connectivity index (χ1n) is 16.2. The van der Waals surface area contributed by atoms with Gasteiger partial charge in [-0.15, -0.1) is 0 Å². The van der Waals surface area contributed by atoms with Crippen LogP contribution in [-0.4, -0.2) is 31.7 Å². The fourth-order valence-corrected chi connectivity index (χ4v) is 9.26. The average molecular weight is 679 g/mol. The van der Waals surface area contributed by atoms with Gasteiger partial charge in [0, 0.05) is 28.3 Å². The van der Waals surface area contributed by atoms with Crippen LogP contribution in [0.2, 0.25) is 0 Å². The first-order chi connectivity index (χ1) is 21.8. The number of hydrogen-bond donors (Lipinski definition) is 2. The minimum Gasteiger partial charge on any atom is -0.453 e. The average Bonchev–Trinajstić information content (AvgIpc) is 3.33. The maximum Gasteiger partial charge on any atom is 0.298 e. The topological polar surface area (TPSA) is 135 Å². The fourth-order valence-electron chi connectivity index (χ4n) is 7.53. The zero-order chi connectivity index (χ0) is 34.4. The summed E-state index contributed by atoms with van der Waals surface area (Å²) >= 11 is 0. The number of carbonyl (C=O) groups is 1. The van der Waals surface area contributed by atoms with Gasteiger partial charge in [-0.25, -0.2) is 0 Å². The Morgan fingerprint density at radius 2 is 1.57 bits per heavy atom. The Morgan fingerprint density at radius 1 is 0.894 bits per heavy atom. The molecule has 0 fully saturated rings. The maximum absolute atomic E-state index is 13.3. The molecule has 0 amide bonds. The molecule has 3 aliphatic rings. The van der Waals surface area contributed by atoms with Crippen molar-refractivity contribution in [2.24, 2.45) is 11.8 Å². The molecule has 0 saturated carbocycles. The second-order valence-electron chi connectivity index (χ2n) is 14.5. The highest BCUT2D eigenvalue weighted by atomic mass is 32.2. The van der Waals surface area contributed by atoms with Crippen molar-refractivity contribution in [2.45, 2.75) is 101 Å². The van der Waals surface area contributed by atoms with E-state index in [-0.39, 0.29) is 29.1 Å². The van der Waals surface area contributed by atoms with Crippen molar-refractivity contribution in [1.82, 2.24) is 0 Å². The summed E-state index contributed by atoms with van der Waals surface area (Å²) in [5.41, 5.74) is 2.72. The van der Waals surface area contributed by atoms with Crippen LogP contribution >= 0.6 is 0 Å². The Morgan fingerprint density at radius 3 is 2.21 bits per heavy atom. The normalized spacial score (nSPS) is 20.5. The van der Waals surface area contributed by atoms with Crippen LogP contribution in [0.4, 0.5) is 0 Å². The van der Waals surface area contributed by atoms with Crippen LogP contribution in [0, 0.1) is 11.8 Å². The number of ketones is 1. The fraction of sp³-hybridized carbons (Fsp3) is 0.432. The van der Waals surface area contributed by atoms with Crippen molar-refractivity contribution in [1.29, 1.82) is 0 Å². The summed E-state index contributed by atoms with van der Waals surface area (Å²) in [4.78, 5) is 12.4. The molecule has 3 aromatic carbocycles. The molecule has 2 N–H and O–H groups in total. The van der Waals surface area contributed by atoms with E-state index < -0.39 is 40.9 Å². The Hall–Kier alpha value is -3.31. The van der Waals surface area contributed by atoms with E-state index in [0.717, 1.165) is 24.8 Å². The standard InChI is InChI=1S/C37H42O8S2/c1-8-9-10-14-30(38)22-12-11-13-23(17-22)31-26-18-28-24(15-20(2)36(28,4)5)34(46(39,40)41)32(26)45-33-27(31)19-29-25(35(33)47(42,43)44)16-21(3)37(29,6)7/h11-13,15,17-21H,8-10,14,16H2,1-7H3,(H,39,40,41)(H,42,43,44). The van der Waals surface area contributed by atoms with Crippen LogP contribution in [0.15, 0.2) is 46.2 Å². The van der Waals surface area contributed by atoms with Crippen LogP contribution in [0.1, 0.15) is 112 Å². The molecule has 10 heteroatoms. The smallest absolute Gasteiger partial charge is 0.298 e. The molecule has 0 aromatic heterocycles. The third-order valence-corrected chi connectivity index (χ3v) is 12.9. The van der Waals surface area contributed by atoms with E-state index in [0.29, 0.717) is 56.7 Å². The zero-order valence-corrected chi connectivity index (χ0v) is 29.5. The summed E-state index contributed by atoms with van der Waals surface area (Å²) in [6.07, 6.45) is 5.16. The molecule has 6 rings (SSSR count). The van der Waals surface area contributed by atoms with Crippen molar-refractivity contribution >= 4 is 37.7 Å². The molecule has 0 bridgehead atoms. The molecule has 0 radical (unpaired) electrons.